The van der Waals surface area contributed by atoms with E-state index in [9.17, 15) is 0 Å². The normalized spacial score (nSPS) is 10.6. The first kappa shape index (κ1) is 15.3. The Morgan fingerprint density at radius 3 is 2.67 bits per heavy atom. The number of ether oxygens (including phenoxy) is 1. The number of rotatable bonds is 9. The van der Waals surface area contributed by atoms with Gasteiger partial charge in [-0.1, -0.05) is 24.6 Å². The first-order valence-corrected chi connectivity index (χ1v) is 6.89. The minimum atomic E-state index is 0.708. The molecule has 0 aliphatic rings. The molecule has 0 spiro atoms. The summed E-state index contributed by atoms with van der Waals surface area (Å²) in [6.45, 7) is 6.16. The Morgan fingerprint density at radius 2 is 1.94 bits per heavy atom. The topological polar surface area (TPSA) is 33.3 Å². The van der Waals surface area contributed by atoms with E-state index in [1.807, 2.05) is 18.2 Å². The first-order chi connectivity index (χ1) is 8.77. The molecule has 0 atom stereocenters. The van der Waals surface area contributed by atoms with Crippen molar-refractivity contribution in [1.29, 1.82) is 0 Å². The Morgan fingerprint density at radius 1 is 1.17 bits per heavy atom. The van der Waals surface area contributed by atoms with Gasteiger partial charge in [-0.25, -0.2) is 0 Å². The number of hydrogen-bond donors (Lipinski definition) is 2. The molecule has 4 heteroatoms. The maximum atomic E-state index is 5.92. The average Bonchev–Trinajstić information content (AvgIpc) is 2.39. The summed E-state index contributed by atoms with van der Waals surface area (Å²) in [5, 5.41) is 7.50. The summed E-state index contributed by atoms with van der Waals surface area (Å²) >= 11 is 5.92. The van der Waals surface area contributed by atoms with E-state index in [-0.39, 0.29) is 0 Å². The van der Waals surface area contributed by atoms with Gasteiger partial charge in [-0.05, 0) is 44.6 Å². The lowest BCUT2D eigenvalue weighted by atomic mass is 10.2. The van der Waals surface area contributed by atoms with Crippen molar-refractivity contribution in [2.45, 2.75) is 26.3 Å². The van der Waals surface area contributed by atoms with Gasteiger partial charge in [0.2, 0.25) is 0 Å². The third kappa shape index (κ3) is 5.71. The van der Waals surface area contributed by atoms with Crippen molar-refractivity contribution in [3.05, 3.63) is 28.8 Å². The molecule has 0 fully saturated rings. The lowest BCUT2D eigenvalue weighted by Gasteiger charge is -2.10. The summed E-state index contributed by atoms with van der Waals surface area (Å²) in [4.78, 5) is 0. The monoisotopic (exact) mass is 270 g/mol. The van der Waals surface area contributed by atoms with Gasteiger partial charge >= 0.3 is 0 Å². The van der Waals surface area contributed by atoms with Crippen molar-refractivity contribution >= 4 is 11.6 Å². The molecular formula is C14H23ClN2O. The maximum Gasteiger partial charge on any atom is 0.124 e. The highest BCUT2D eigenvalue weighted by Gasteiger charge is 2.02. The van der Waals surface area contributed by atoms with Crippen LogP contribution in [0, 0.1) is 0 Å². The van der Waals surface area contributed by atoms with Crippen LogP contribution in [0.3, 0.4) is 0 Å². The highest BCUT2D eigenvalue weighted by atomic mass is 35.5. The van der Waals surface area contributed by atoms with Crippen LogP contribution in [0.2, 0.25) is 5.02 Å². The van der Waals surface area contributed by atoms with Gasteiger partial charge in [0.1, 0.15) is 5.75 Å². The second-order valence-electron chi connectivity index (χ2n) is 4.24. The van der Waals surface area contributed by atoms with Crippen LogP contribution in [0.25, 0.3) is 0 Å². The zero-order chi connectivity index (χ0) is 13.2. The second-order valence-corrected chi connectivity index (χ2v) is 4.67. The van der Waals surface area contributed by atoms with Crippen LogP contribution in [0.1, 0.15) is 25.3 Å². The van der Waals surface area contributed by atoms with E-state index in [0.29, 0.717) is 5.02 Å². The number of hydrogen-bond acceptors (Lipinski definition) is 3. The van der Waals surface area contributed by atoms with Gasteiger partial charge in [0.25, 0.3) is 0 Å². The molecule has 1 aromatic rings. The predicted octanol–water partition coefficient (Wildman–Crippen LogP) is 2.83. The fourth-order valence-electron chi connectivity index (χ4n) is 1.73. The van der Waals surface area contributed by atoms with Crippen LogP contribution in [-0.4, -0.2) is 26.7 Å². The third-order valence-electron chi connectivity index (χ3n) is 2.70. The smallest absolute Gasteiger partial charge is 0.124 e. The highest BCUT2D eigenvalue weighted by Crippen LogP contribution is 2.22. The molecule has 0 unspecified atom stereocenters. The van der Waals surface area contributed by atoms with Gasteiger partial charge in [-0.3, -0.25) is 0 Å². The highest BCUT2D eigenvalue weighted by molar-refractivity contribution is 6.30. The van der Waals surface area contributed by atoms with Crippen molar-refractivity contribution in [3.8, 4) is 5.75 Å². The Bertz CT molecular complexity index is 345. The van der Waals surface area contributed by atoms with Gasteiger partial charge in [0, 0.05) is 17.1 Å². The SMILES string of the molecule is CCCNCCCNCc1ccc(Cl)cc1OC. The Hall–Kier alpha value is -0.770. The van der Waals surface area contributed by atoms with Crippen molar-refractivity contribution < 1.29 is 4.74 Å². The summed E-state index contributed by atoms with van der Waals surface area (Å²) < 4.78 is 5.30. The van der Waals surface area contributed by atoms with E-state index in [0.717, 1.165) is 43.9 Å². The molecule has 18 heavy (non-hydrogen) atoms. The number of halogens is 1. The maximum absolute atomic E-state index is 5.92. The molecule has 0 heterocycles. The molecule has 0 saturated carbocycles. The second kappa shape index (κ2) is 9.20. The minimum Gasteiger partial charge on any atom is -0.496 e. The van der Waals surface area contributed by atoms with Gasteiger partial charge in [-0.2, -0.15) is 0 Å². The van der Waals surface area contributed by atoms with Crippen LogP contribution < -0.4 is 15.4 Å². The zero-order valence-corrected chi connectivity index (χ0v) is 12.0. The largest absolute Gasteiger partial charge is 0.496 e. The molecule has 0 bridgehead atoms. The minimum absolute atomic E-state index is 0.708. The summed E-state index contributed by atoms with van der Waals surface area (Å²) in [6.07, 6.45) is 2.32. The van der Waals surface area contributed by atoms with Crippen molar-refractivity contribution in [1.82, 2.24) is 10.6 Å². The Balaban J connectivity index is 2.22. The van der Waals surface area contributed by atoms with Crippen LogP contribution in [0.4, 0.5) is 0 Å². The number of methoxy groups -OCH3 is 1. The van der Waals surface area contributed by atoms with Crippen molar-refractivity contribution in [2.24, 2.45) is 0 Å². The molecule has 0 radical (unpaired) electrons. The Kier molecular flexibility index (Phi) is 7.81. The number of benzene rings is 1. The van der Waals surface area contributed by atoms with Gasteiger partial charge in [0.15, 0.2) is 0 Å². The lowest BCUT2D eigenvalue weighted by molar-refractivity contribution is 0.407. The number of nitrogens with one attached hydrogen (secondary N) is 2. The van der Waals surface area contributed by atoms with E-state index < -0.39 is 0 Å². The Labute approximate surface area is 115 Å². The molecule has 1 rings (SSSR count). The predicted molar refractivity (Wildman–Crippen MR) is 77.5 cm³/mol. The van der Waals surface area contributed by atoms with Crippen LogP contribution in [0.5, 0.6) is 5.75 Å². The molecule has 0 amide bonds. The van der Waals surface area contributed by atoms with Crippen LogP contribution in [-0.2, 0) is 6.54 Å². The summed E-state index contributed by atoms with van der Waals surface area (Å²) in [7, 11) is 1.67. The zero-order valence-electron chi connectivity index (χ0n) is 11.3. The van der Waals surface area contributed by atoms with Crippen molar-refractivity contribution in [2.75, 3.05) is 26.7 Å². The molecule has 3 nitrogen and oxygen atoms in total. The molecule has 0 saturated heterocycles. The van der Waals surface area contributed by atoms with E-state index in [1.165, 1.54) is 6.42 Å². The fourth-order valence-corrected chi connectivity index (χ4v) is 1.89. The standard InChI is InChI=1S/C14H23ClN2O/c1-3-7-16-8-4-9-17-11-12-5-6-13(15)10-14(12)18-2/h5-6,10,16-17H,3-4,7-9,11H2,1-2H3. The third-order valence-corrected chi connectivity index (χ3v) is 2.93. The van der Waals surface area contributed by atoms with Crippen LogP contribution in [0.15, 0.2) is 18.2 Å². The summed E-state index contributed by atoms with van der Waals surface area (Å²) in [6, 6.07) is 5.74. The average molecular weight is 271 g/mol. The molecule has 0 aliphatic heterocycles. The molecule has 102 valence electrons. The van der Waals surface area contributed by atoms with E-state index in [4.69, 9.17) is 16.3 Å². The summed E-state index contributed by atoms with van der Waals surface area (Å²) in [5.41, 5.74) is 1.14. The molecule has 0 aromatic heterocycles. The molecule has 2 N–H and O–H groups in total. The van der Waals surface area contributed by atoms with Crippen molar-refractivity contribution in [3.63, 3.8) is 0 Å². The molecule has 1 aromatic carbocycles. The van der Waals surface area contributed by atoms with E-state index in [1.54, 1.807) is 7.11 Å². The molecule has 0 aliphatic carbocycles. The quantitative estimate of drug-likeness (QED) is 0.677. The van der Waals surface area contributed by atoms with Crippen LogP contribution >= 0.6 is 11.6 Å². The molecular weight excluding hydrogens is 248 g/mol. The van der Waals surface area contributed by atoms with Gasteiger partial charge < -0.3 is 15.4 Å². The fraction of sp³-hybridized carbons (Fsp3) is 0.571. The van der Waals surface area contributed by atoms with E-state index >= 15 is 0 Å². The summed E-state index contributed by atoms with van der Waals surface area (Å²) in [5.74, 6) is 0.846. The lowest BCUT2D eigenvalue weighted by Crippen LogP contribution is -2.22. The first-order valence-electron chi connectivity index (χ1n) is 6.51. The van der Waals surface area contributed by atoms with Gasteiger partial charge in [-0.15, -0.1) is 0 Å². The van der Waals surface area contributed by atoms with Gasteiger partial charge in [0.05, 0.1) is 7.11 Å². The van der Waals surface area contributed by atoms with E-state index in [2.05, 4.69) is 17.6 Å².